The first kappa shape index (κ1) is 21.8. The molecule has 2 aromatic carbocycles. The molecule has 0 saturated carbocycles. The third kappa shape index (κ3) is 4.83. The van der Waals surface area contributed by atoms with E-state index in [0.717, 1.165) is 5.56 Å². The van der Waals surface area contributed by atoms with Crippen LogP contribution >= 0.6 is 0 Å². The van der Waals surface area contributed by atoms with E-state index in [0.29, 0.717) is 33.8 Å². The van der Waals surface area contributed by atoms with E-state index in [9.17, 15) is 14.4 Å². The Morgan fingerprint density at radius 1 is 0.935 bits per heavy atom. The Bertz CT molecular complexity index is 1150. The van der Waals surface area contributed by atoms with Crippen LogP contribution in [0.5, 0.6) is 0 Å². The van der Waals surface area contributed by atoms with Gasteiger partial charge in [0.1, 0.15) is 5.69 Å². The van der Waals surface area contributed by atoms with Crippen molar-refractivity contribution in [3.8, 4) is 0 Å². The summed E-state index contributed by atoms with van der Waals surface area (Å²) in [6.07, 6.45) is 0. The number of hydrogen-bond acceptors (Lipinski definition) is 4. The summed E-state index contributed by atoms with van der Waals surface area (Å²) >= 11 is 0. The number of rotatable bonds is 6. The summed E-state index contributed by atoms with van der Waals surface area (Å²) in [5, 5.41) is 5.62. The maximum absolute atomic E-state index is 12.9. The Morgan fingerprint density at radius 3 is 2.39 bits per heavy atom. The van der Waals surface area contributed by atoms with Crippen LogP contribution in [-0.2, 0) is 4.74 Å². The quantitative estimate of drug-likeness (QED) is 0.508. The zero-order valence-corrected chi connectivity index (χ0v) is 18.0. The predicted octanol–water partition coefficient (Wildman–Crippen LogP) is 4.62. The molecule has 0 aliphatic heterocycles. The zero-order valence-electron chi connectivity index (χ0n) is 18.0. The molecule has 0 bridgehead atoms. The minimum absolute atomic E-state index is 0.244. The van der Waals surface area contributed by atoms with Crippen molar-refractivity contribution in [2.45, 2.75) is 27.7 Å². The predicted molar refractivity (Wildman–Crippen MR) is 120 cm³/mol. The Morgan fingerprint density at radius 2 is 1.68 bits per heavy atom. The number of carbonyl (C=O) groups excluding carboxylic acids is 3. The van der Waals surface area contributed by atoms with Crippen molar-refractivity contribution >= 4 is 29.2 Å². The molecule has 0 aliphatic carbocycles. The van der Waals surface area contributed by atoms with Gasteiger partial charge in [0, 0.05) is 11.4 Å². The van der Waals surface area contributed by atoms with Crippen molar-refractivity contribution in [1.29, 1.82) is 0 Å². The van der Waals surface area contributed by atoms with Gasteiger partial charge in [0.25, 0.3) is 11.8 Å². The number of carbonyl (C=O) groups is 3. The molecule has 160 valence electrons. The number of benzene rings is 2. The van der Waals surface area contributed by atoms with Crippen LogP contribution in [0.4, 0.5) is 11.4 Å². The van der Waals surface area contributed by atoms with Gasteiger partial charge in [0.2, 0.25) is 0 Å². The highest BCUT2D eigenvalue weighted by molar-refractivity contribution is 6.13. The average molecular weight is 419 g/mol. The van der Waals surface area contributed by atoms with Gasteiger partial charge in [-0.3, -0.25) is 9.59 Å². The third-order valence-electron chi connectivity index (χ3n) is 4.84. The van der Waals surface area contributed by atoms with Crippen molar-refractivity contribution in [3.63, 3.8) is 0 Å². The van der Waals surface area contributed by atoms with Gasteiger partial charge in [0.05, 0.1) is 23.4 Å². The van der Waals surface area contributed by atoms with Gasteiger partial charge in [-0.05, 0) is 63.1 Å². The molecule has 0 unspecified atom stereocenters. The lowest BCUT2D eigenvalue weighted by Gasteiger charge is -2.12. The Balaban J connectivity index is 1.84. The topological polar surface area (TPSA) is 100 Å². The van der Waals surface area contributed by atoms with Crippen molar-refractivity contribution < 1.29 is 19.1 Å². The summed E-state index contributed by atoms with van der Waals surface area (Å²) in [6, 6.07) is 14.2. The summed E-state index contributed by atoms with van der Waals surface area (Å²) in [7, 11) is 0. The van der Waals surface area contributed by atoms with Gasteiger partial charge < -0.3 is 20.4 Å². The number of aromatic amines is 1. The van der Waals surface area contributed by atoms with Crippen LogP contribution in [0.1, 0.15) is 54.9 Å². The molecular formula is C24H25N3O4. The lowest BCUT2D eigenvalue weighted by molar-refractivity contribution is 0.0525. The highest BCUT2D eigenvalue weighted by atomic mass is 16.5. The van der Waals surface area contributed by atoms with Gasteiger partial charge in [-0.1, -0.05) is 24.3 Å². The lowest BCUT2D eigenvalue weighted by atomic mass is 10.1. The van der Waals surface area contributed by atoms with Gasteiger partial charge in [0.15, 0.2) is 0 Å². The third-order valence-corrected chi connectivity index (χ3v) is 4.84. The Labute approximate surface area is 180 Å². The fourth-order valence-electron chi connectivity index (χ4n) is 3.38. The summed E-state index contributed by atoms with van der Waals surface area (Å²) in [5.74, 6) is -1.27. The molecule has 0 fully saturated rings. The van der Waals surface area contributed by atoms with E-state index < -0.39 is 11.9 Å². The molecule has 31 heavy (non-hydrogen) atoms. The largest absolute Gasteiger partial charge is 0.462 e. The average Bonchev–Trinajstić information content (AvgIpc) is 3.02. The fraction of sp³-hybridized carbons (Fsp3) is 0.208. The van der Waals surface area contributed by atoms with Crippen molar-refractivity contribution in [2.75, 3.05) is 17.2 Å². The van der Waals surface area contributed by atoms with E-state index in [4.69, 9.17) is 4.74 Å². The van der Waals surface area contributed by atoms with E-state index in [1.165, 1.54) is 0 Å². The minimum atomic E-state index is -0.481. The van der Waals surface area contributed by atoms with Crippen LogP contribution in [-0.4, -0.2) is 29.4 Å². The number of hydrogen-bond donors (Lipinski definition) is 3. The second-order valence-corrected chi connectivity index (χ2v) is 7.17. The van der Waals surface area contributed by atoms with Gasteiger partial charge in [-0.2, -0.15) is 0 Å². The highest BCUT2D eigenvalue weighted by Crippen LogP contribution is 2.22. The number of H-pyrrole nitrogens is 1. The van der Waals surface area contributed by atoms with E-state index >= 15 is 0 Å². The zero-order chi connectivity index (χ0) is 22.5. The van der Waals surface area contributed by atoms with Gasteiger partial charge >= 0.3 is 5.97 Å². The summed E-state index contributed by atoms with van der Waals surface area (Å²) in [5.41, 5.74) is 4.01. The number of nitrogens with one attached hydrogen (secondary N) is 3. The van der Waals surface area contributed by atoms with E-state index in [1.54, 1.807) is 51.1 Å². The molecule has 0 atom stereocenters. The summed E-state index contributed by atoms with van der Waals surface area (Å²) in [6.45, 7) is 7.30. The van der Waals surface area contributed by atoms with Crippen LogP contribution in [0.25, 0.3) is 0 Å². The van der Waals surface area contributed by atoms with Gasteiger partial charge in [-0.25, -0.2) is 4.79 Å². The standard InChI is InChI=1S/C24H25N3O4/c1-5-31-24(30)20-15(3)21(25-16(20)4)23(29)27-19-12-7-6-11-18(19)22(28)26-17-10-8-9-14(2)13-17/h6-13,25H,5H2,1-4H3,(H,26,28)(H,27,29). The monoisotopic (exact) mass is 419 g/mol. The van der Waals surface area contributed by atoms with Crippen molar-refractivity contribution in [2.24, 2.45) is 0 Å². The van der Waals surface area contributed by atoms with Crippen LogP contribution in [0, 0.1) is 20.8 Å². The van der Waals surface area contributed by atoms with Gasteiger partial charge in [-0.15, -0.1) is 0 Å². The lowest BCUT2D eigenvalue weighted by Crippen LogP contribution is -2.19. The Kier molecular flexibility index (Phi) is 6.55. The maximum atomic E-state index is 12.9. The number of amides is 2. The Hall–Kier alpha value is -3.87. The molecule has 3 N–H and O–H groups in total. The normalized spacial score (nSPS) is 10.5. The minimum Gasteiger partial charge on any atom is -0.462 e. The number of aromatic nitrogens is 1. The first-order valence-corrected chi connectivity index (χ1v) is 9.96. The van der Waals surface area contributed by atoms with Crippen LogP contribution < -0.4 is 10.6 Å². The number of para-hydroxylation sites is 1. The maximum Gasteiger partial charge on any atom is 0.340 e. The number of aryl methyl sites for hydroxylation is 2. The van der Waals surface area contributed by atoms with Crippen LogP contribution in [0.2, 0.25) is 0 Å². The summed E-state index contributed by atoms with van der Waals surface area (Å²) < 4.78 is 5.07. The van der Waals surface area contributed by atoms with E-state index in [2.05, 4.69) is 15.6 Å². The second kappa shape index (κ2) is 9.30. The molecule has 0 spiro atoms. The SMILES string of the molecule is CCOC(=O)c1c(C)[nH]c(C(=O)Nc2ccccc2C(=O)Nc2cccc(C)c2)c1C. The van der Waals surface area contributed by atoms with E-state index in [-0.39, 0.29) is 18.2 Å². The number of anilines is 2. The molecular weight excluding hydrogens is 394 g/mol. The molecule has 1 heterocycles. The molecule has 0 aliphatic rings. The first-order chi connectivity index (χ1) is 14.8. The molecule has 2 amide bonds. The molecule has 3 rings (SSSR count). The molecule has 0 radical (unpaired) electrons. The van der Waals surface area contributed by atoms with E-state index in [1.807, 2.05) is 25.1 Å². The summed E-state index contributed by atoms with van der Waals surface area (Å²) in [4.78, 5) is 40.9. The van der Waals surface area contributed by atoms with Crippen molar-refractivity contribution in [3.05, 3.63) is 82.2 Å². The van der Waals surface area contributed by atoms with Crippen LogP contribution in [0.3, 0.4) is 0 Å². The molecule has 7 heteroatoms. The van der Waals surface area contributed by atoms with Crippen LogP contribution in [0.15, 0.2) is 48.5 Å². The first-order valence-electron chi connectivity index (χ1n) is 9.96. The molecule has 1 aromatic heterocycles. The smallest absolute Gasteiger partial charge is 0.340 e. The fourth-order valence-corrected chi connectivity index (χ4v) is 3.38. The molecule has 3 aromatic rings. The number of ether oxygens (including phenoxy) is 1. The molecule has 7 nitrogen and oxygen atoms in total. The highest BCUT2D eigenvalue weighted by Gasteiger charge is 2.23. The van der Waals surface area contributed by atoms with Crippen molar-refractivity contribution in [1.82, 2.24) is 4.98 Å². The molecule has 0 saturated heterocycles. The number of esters is 1. The second-order valence-electron chi connectivity index (χ2n) is 7.17.